The molecule has 2 unspecified atom stereocenters. The number of nitrogens with zero attached hydrogens (tertiary/aromatic N) is 2. The molecule has 1 aliphatic rings. The number of likely N-dealkylation sites (tertiary alicyclic amines) is 1. The lowest BCUT2D eigenvalue weighted by Crippen LogP contribution is -2.19. The minimum absolute atomic E-state index is 0.594. The first kappa shape index (κ1) is 10.5. The summed E-state index contributed by atoms with van der Waals surface area (Å²) in [6, 6.07) is 2.28. The molecule has 1 fully saturated rings. The van der Waals surface area contributed by atoms with Gasteiger partial charge >= 0.3 is 0 Å². The molecule has 74 valence electrons. The van der Waals surface area contributed by atoms with Gasteiger partial charge in [-0.3, -0.25) is 0 Å². The largest absolute Gasteiger partial charge is 0.306 e. The third kappa shape index (κ3) is 3.36. The minimum atomic E-state index is 0.594. The van der Waals surface area contributed by atoms with Crippen molar-refractivity contribution in [2.45, 2.75) is 32.6 Å². The van der Waals surface area contributed by atoms with Crippen LogP contribution in [0.4, 0.5) is 0 Å². The Morgan fingerprint density at radius 1 is 1.46 bits per heavy atom. The summed E-state index contributed by atoms with van der Waals surface area (Å²) in [6.45, 7) is 4.66. The summed E-state index contributed by atoms with van der Waals surface area (Å²) in [5.41, 5.74) is 0. The van der Waals surface area contributed by atoms with E-state index in [1.165, 1.54) is 32.4 Å². The van der Waals surface area contributed by atoms with E-state index in [0.29, 0.717) is 5.92 Å². The lowest BCUT2D eigenvalue weighted by Gasteiger charge is -2.19. The molecule has 0 aromatic carbocycles. The first-order valence-corrected chi connectivity index (χ1v) is 5.29. The topological polar surface area (TPSA) is 27.0 Å². The second kappa shape index (κ2) is 5.24. The monoisotopic (exact) mass is 180 g/mol. The molecule has 0 saturated carbocycles. The molecular formula is C11H20N2. The Bertz CT molecular complexity index is 183. The Hall–Kier alpha value is -0.550. The molecule has 0 aromatic rings. The number of hydrogen-bond donors (Lipinski definition) is 0. The van der Waals surface area contributed by atoms with E-state index < -0.39 is 0 Å². The molecule has 0 amide bonds. The van der Waals surface area contributed by atoms with Crippen LogP contribution < -0.4 is 0 Å². The molecule has 2 atom stereocenters. The van der Waals surface area contributed by atoms with Crippen LogP contribution >= 0.6 is 0 Å². The molecule has 0 N–H and O–H groups in total. The normalized spacial score (nSPS) is 27.6. The summed E-state index contributed by atoms with van der Waals surface area (Å²) < 4.78 is 0. The van der Waals surface area contributed by atoms with Crippen LogP contribution in [0.5, 0.6) is 0 Å². The van der Waals surface area contributed by atoms with Crippen molar-refractivity contribution < 1.29 is 0 Å². The minimum Gasteiger partial charge on any atom is -0.306 e. The second-order valence-corrected chi connectivity index (χ2v) is 4.33. The number of hydrogen-bond acceptors (Lipinski definition) is 2. The van der Waals surface area contributed by atoms with Gasteiger partial charge in [0.25, 0.3) is 0 Å². The van der Waals surface area contributed by atoms with Crippen LogP contribution in [-0.4, -0.2) is 25.0 Å². The maximum absolute atomic E-state index is 8.63. The van der Waals surface area contributed by atoms with E-state index in [4.69, 9.17) is 5.26 Å². The fraction of sp³-hybridized carbons (Fsp3) is 0.909. The highest BCUT2D eigenvalue weighted by molar-refractivity contribution is 4.80. The van der Waals surface area contributed by atoms with Gasteiger partial charge < -0.3 is 4.90 Å². The first-order valence-electron chi connectivity index (χ1n) is 5.29. The lowest BCUT2D eigenvalue weighted by molar-refractivity contribution is 0.306. The average molecular weight is 180 g/mol. The summed E-state index contributed by atoms with van der Waals surface area (Å²) in [7, 11) is 2.19. The first-order chi connectivity index (χ1) is 6.24. The molecule has 0 radical (unpaired) electrons. The Labute approximate surface area is 81.5 Å². The van der Waals surface area contributed by atoms with E-state index in [-0.39, 0.29) is 0 Å². The van der Waals surface area contributed by atoms with Gasteiger partial charge in [0.2, 0.25) is 0 Å². The van der Waals surface area contributed by atoms with Gasteiger partial charge in [-0.05, 0) is 51.2 Å². The summed E-state index contributed by atoms with van der Waals surface area (Å²) >= 11 is 0. The third-order valence-electron chi connectivity index (χ3n) is 3.21. The fourth-order valence-corrected chi connectivity index (χ4v) is 2.15. The van der Waals surface area contributed by atoms with Gasteiger partial charge in [0.15, 0.2) is 0 Å². The van der Waals surface area contributed by atoms with E-state index in [2.05, 4.69) is 24.9 Å². The van der Waals surface area contributed by atoms with Gasteiger partial charge in [-0.15, -0.1) is 0 Å². The zero-order chi connectivity index (χ0) is 9.68. The van der Waals surface area contributed by atoms with E-state index in [0.717, 1.165) is 12.3 Å². The molecule has 1 rings (SSSR count). The van der Waals surface area contributed by atoms with Crippen LogP contribution in [0, 0.1) is 23.2 Å². The van der Waals surface area contributed by atoms with Crippen LogP contribution in [0.1, 0.15) is 32.6 Å². The Balaban J connectivity index is 2.37. The smallest absolute Gasteiger partial charge is 0.0624 e. The molecule has 13 heavy (non-hydrogen) atoms. The van der Waals surface area contributed by atoms with Crippen LogP contribution in [0.25, 0.3) is 0 Å². The van der Waals surface area contributed by atoms with E-state index in [9.17, 15) is 0 Å². The van der Waals surface area contributed by atoms with Gasteiger partial charge in [-0.2, -0.15) is 5.26 Å². The van der Waals surface area contributed by atoms with Crippen LogP contribution in [0.2, 0.25) is 0 Å². The van der Waals surface area contributed by atoms with Crippen molar-refractivity contribution in [2.24, 2.45) is 11.8 Å². The van der Waals surface area contributed by atoms with Crippen molar-refractivity contribution >= 4 is 0 Å². The van der Waals surface area contributed by atoms with E-state index in [1.54, 1.807) is 0 Å². The van der Waals surface area contributed by atoms with Crippen LogP contribution in [0.15, 0.2) is 0 Å². The molecule has 0 aliphatic carbocycles. The van der Waals surface area contributed by atoms with Crippen molar-refractivity contribution in [2.75, 3.05) is 20.1 Å². The molecule has 2 nitrogen and oxygen atoms in total. The Kier molecular flexibility index (Phi) is 4.24. The molecule has 1 saturated heterocycles. The third-order valence-corrected chi connectivity index (χ3v) is 3.21. The average Bonchev–Trinajstić information content (AvgIpc) is 2.30. The molecule has 2 heteroatoms. The summed E-state index contributed by atoms with van der Waals surface area (Å²) in [4.78, 5) is 2.40. The summed E-state index contributed by atoms with van der Waals surface area (Å²) in [6.07, 6.45) is 4.62. The summed E-state index contributed by atoms with van der Waals surface area (Å²) in [5, 5.41) is 8.63. The summed E-state index contributed by atoms with van der Waals surface area (Å²) in [5.74, 6) is 1.38. The Morgan fingerprint density at radius 2 is 2.23 bits per heavy atom. The standard InChI is InChI=1S/C11H20N2/c1-10(5-7-12)11-4-3-8-13(2)9-6-11/h10-11H,3-6,8-9H2,1-2H3. The molecule has 0 aromatic heterocycles. The van der Waals surface area contributed by atoms with E-state index in [1.807, 2.05) is 0 Å². The fourth-order valence-electron chi connectivity index (χ4n) is 2.15. The number of rotatable bonds is 2. The molecule has 0 spiro atoms. The van der Waals surface area contributed by atoms with Crippen molar-refractivity contribution in [3.8, 4) is 6.07 Å². The Morgan fingerprint density at radius 3 is 2.92 bits per heavy atom. The SMILES string of the molecule is CC(CC#N)C1CCCN(C)CC1. The maximum Gasteiger partial charge on any atom is 0.0624 e. The van der Waals surface area contributed by atoms with Crippen LogP contribution in [0.3, 0.4) is 0 Å². The van der Waals surface area contributed by atoms with Crippen molar-refractivity contribution in [3.63, 3.8) is 0 Å². The predicted octanol–water partition coefficient (Wildman–Crippen LogP) is 2.27. The van der Waals surface area contributed by atoms with Crippen molar-refractivity contribution in [1.82, 2.24) is 4.90 Å². The van der Waals surface area contributed by atoms with Gasteiger partial charge in [0, 0.05) is 6.42 Å². The van der Waals surface area contributed by atoms with Crippen LogP contribution in [-0.2, 0) is 0 Å². The highest BCUT2D eigenvalue weighted by Crippen LogP contribution is 2.26. The van der Waals surface area contributed by atoms with Gasteiger partial charge in [0.05, 0.1) is 6.07 Å². The van der Waals surface area contributed by atoms with Crippen molar-refractivity contribution in [1.29, 1.82) is 5.26 Å². The molecular weight excluding hydrogens is 160 g/mol. The maximum atomic E-state index is 8.63. The lowest BCUT2D eigenvalue weighted by atomic mass is 9.86. The highest BCUT2D eigenvalue weighted by atomic mass is 15.1. The zero-order valence-corrected chi connectivity index (χ0v) is 8.79. The quantitative estimate of drug-likeness (QED) is 0.652. The van der Waals surface area contributed by atoms with Crippen molar-refractivity contribution in [3.05, 3.63) is 0 Å². The molecule has 1 heterocycles. The molecule has 1 aliphatic heterocycles. The van der Waals surface area contributed by atoms with E-state index >= 15 is 0 Å². The second-order valence-electron chi connectivity index (χ2n) is 4.33. The van der Waals surface area contributed by atoms with Gasteiger partial charge in [-0.25, -0.2) is 0 Å². The van der Waals surface area contributed by atoms with Gasteiger partial charge in [0.1, 0.15) is 0 Å². The zero-order valence-electron chi connectivity index (χ0n) is 8.79. The molecule has 0 bridgehead atoms. The van der Waals surface area contributed by atoms with Gasteiger partial charge in [-0.1, -0.05) is 6.92 Å². The predicted molar refractivity (Wildman–Crippen MR) is 54.2 cm³/mol. The number of nitriles is 1. The highest BCUT2D eigenvalue weighted by Gasteiger charge is 2.19.